The third-order valence-electron chi connectivity index (χ3n) is 1.41. The van der Waals surface area contributed by atoms with E-state index in [0.717, 1.165) is 5.75 Å². The molecule has 0 aliphatic heterocycles. The number of hydrogen-bond donors (Lipinski definition) is 0. The van der Waals surface area contributed by atoms with Gasteiger partial charge in [0.05, 0.1) is 0 Å². The SMILES string of the molecule is CC(C)CSc1ccc([O])cc1. The van der Waals surface area contributed by atoms with Gasteiger partial charge in [-0.05, 0) is 30.2 Å². The molecule has 1 nitrogen and oxygen atoms in total. The molecule has 0 amide bonds. The molecule has 1 aromatic carbocycles. The zero-order chi connectivity index (χ0) is 8.97. The van der Waals surface area contributed by atoms with Crippen LogP contribution in [0.4, 0.5) is 0 Å². The van der Waals surface area contributed by atoms with E-state index in [4.69, 9.17) is 0 Å². The second-order valence-corrected chi connectivity index (χ2v) is 4.27. The molecule has 0 bridgehead atoms. The van der Waals surface area contributed by atoms with Crippen LogP contribution >= 0.6 is 11.8 Å². The summed E-state index contributed by atoms with van der Waals surface area (Å²) in [4.78, 5) is 1.18. The zero-order valence-electron chi connectivity index (χ0n) is 7.41. The lowest BCUT2D eigenvalue weighted by Gasteiger charge is -2.03. The fourth-order valence-electron chi connectivity index (χ4n) is 0.799. The molecule has 0 aromatic heterocycles. The quantitative estimate of drug-likeness (QED) is 0.652. The summed E-state index contributed by atoms with van der Waals surface area (Å²) in [5.74, 6) is 1.89. The van der Waals surface area contributed by atoms with Gasteiger partial charge < -0.3 is 0 Å². The van der Waals surface area contributed by atoms with Crippen LogP contribution in [0.1, 0.15) is 13.8 Å². The molecule has 12 heavy (non-hydrogen) atoms. The molecule has 1 radical (unpaired) electrons. The van der Waals surface area contributed by atoms with Gasteiger partial charge in [-0.1, -0.05) is 13.8 Å². The van der Waals surface area contributed by atoms with Crippen LogP contribution in [0.3, 0.4) is 0 Å². The highest BCUT2D eigenvalue weighted by Crippen LogP contribution is 2.22. The molecule has 0 aliphatic carbocycles. The van der Waals surface area contributed by atoms with Crippen LogP contribution in [-0.4, -0.2) is 5.75 Å². The maximum absolute atomic E-state index is 10.8. The van der Waals surface area contributed by atoms with E-state index in [0.29, 0.717) is 5.92 Å². The van der Waals surface area contributed by atoms with E-state index >= 15 is 0 Å². The fourth-order valence-corrected chi connectivity index (χ4v) is 1.65. The van der Waals surface area contributed by atoms with Crippen molar-refractivity contribution in [3.8, 4) is 5.75 Å². The van der Waals surface area contributed by atoms with Crippen LogP contribution in [0.2, 0.25) is 0 Å². The molecule has 2 heteroatoms. The van der Waals surface area contributed by atoms with E-state index < -0.39 is 0 Å². The molecule has 1 rings (SSSR count). The summed E-state index contributed by atoms with van der Waals surface area (Å²) in [5.41, 5.74) is 0. The molecule has 1 aromatic rings. The van der Waals surface area contributed by atoms with E-state index in [9.17, 15) is 5.11 Å². The first-order valence-electron chi connectivity index (χ1n) is 4.08. The summed E-state index contributed by atoms with van der Waals surface area (Å²) in [6.45, 7) is 4.38. The van der Waals surface area contributed by atoms with Gasteiger partial charge in [-0.25, -0.2) is 0 Å². The molecule has 0 fully saturated rings. The van der Waals surface area contributed by atoms with Crippen LogP contribution in [0.5, 0.6) is 5.75 Å². The van der Waals surface area contributed by atoms with Crippen molar-refractivity contribution in [1.82, 2.24) is 0 Å². The Hall–Kier alpha value is -0.630. The van der Waals surface area contributed by atoms with Gasteiger partial charge in [-0.2, -0.15) is 0 Å². The number of thioether (sulfide) groups is 1. The van der Waals surface area contributed by atoms with Crippen molar-refractivity contribution in [3.05, 3.63) is 24.3 Å². The Morgan fingerprint density at radius 2 is 1.83 bits per heavy atom. The Labute approximate surface area is 77.8 Å². The zero-order valence-corrected chi connectivity index (χ0v) is 8.23. The summed E-state index contributed by atoms with van der Waals surface area (Å²) >= 11 is 1.80. The first-order valence-corrected chi connectivity index (χ1v) is 5.07. The van der Waals surface area contributed by atoms with Crippen LogP contribution in [0, 0.1) is 5.92 Å². The second-order valence-electron chi connectivity index (χ2n) is 3.18. The number of rotatable bonds is 3. The third kappa shape index (κ3) is 3.18. The van der Waals surface area contributed by atoms with Gasteiger partial charge in [0.15, 0.2) is 5.75 Å². The molecular formula is C10H13OS. The Balaban J connectivity index is 2.48. The smallest absolute Gasteiger partial charge is 0.178 e. The van der Waals surface area contributed by atoms with Crippen LogP contribution < -0.4 is 0 Å². The van der Waals surface area contributed by atoms with Crippen molar-refractivity contribution in [2.45, 2.75) is 18.7 Å². The summed E-state index contributed by atoms with van der Waals surface area (Å²) in [6.07, 6.45) is 0. The summed E-state index contributed by atoms with van der Waals surface area (Å²) in [5, 5.41) is 10.8. The molecule has 0 saturated heterocycles. The van der Waals surface area contributed by atoms with Gasteiger partial charge in [0, 0.05) is 10.6 Å². The third-order valence-corrected chi connectivity index (χ3v) is 2.85. The molecule has 0 aliphatic rings. The molecular weight excluding hydrogens is 168 g/mol. The first kappa shape index (κ1) is 9.46. The van der Waals surface area contributed by atoms with E-state index in [1.165, 1.54) is 4.90 Å². The minimum atomic E-state index is 0.0869. The van der Waals surface area contributed by atoms with E-state index in [1.807, 2.05) is 12.1 Å². The summed E-state index contributed by atoms with van der Waals surface area (Å²) in [6, 6.07) is 7.00. The Morgan fingerprint density at radius 3 is 2.33 bits per heavy atom. The fraction of sp³-hybridized carbons (Fsp3) is 0.400. The van der Waals surface area contributed by atoms with Crippen molar-refractivity contribution in [1.29, 1.82) is 0 Å². The van der Waals surface area contributed by atoms with Gasteiger partial charge in [-0.15, -0.1) is 11.8 Å². The number of benzene rings is 1. The van der Waals surface area contributed by atoms with Crippen molar-refractivity contribution in [2.75, 3.05) is 5.75 Å². The molecule has 0 unspecified atom stereocenters. The average molecular weight is 181 g/mol. The maximum Gasteiger partial charge on any atom is 0.178 e. The lowest BCUT2D eigenvalue weighted by Crippen LogP contribution is -1.89. The summed E-state index contributed by atoms with van der Waals surface area (Å²) < 4.78 is 0. The van der Waals surface area contributed by atoms with E-state index in [2.05, 4.69) is 13.8 Å². The maximum atomic E-state index is 10.8. The Kier molecular flexibility index (Phi) is 3.48. The normalized spacial score (nSPS) is 10.6. The van der Waals surface area contributed by atoms with Crippen LogP contribution in [0.15, 0.2) is 29.2 Å². The van der Waals surface area contributed by atoms with Crippen LogP contribution in [-0.2, 0) is 5.11 Å². The largest absolute Gasteiger partial charge is 0.290 e. The monoisotopic (exact) mass is 181 g/mol. The van der Waals surface area contributed by atoms with Crippen molar-refractivity contribution >= 4 is 11.8 Å². The topological polar surface area (TPSA) is 19.9 Å². The summed E-state index contributed by atoms with van der Waals surface area (Å²) in [7, 11) is 0. The van der Waals surface area contributed by atoms with Crippen LogP contribution in [0.25, 0.3) is 0 Å². The minimum absolute atomic E-state index is 0.0869. The highest BCUT2D eigenvalue weighted by molar-refractivity contribution is 7.99. The Morgan fingerprint density at radius 1 is 1.25 bits per heavy atom. The lowest BCUT2D eigenvalue weighted by atomic mass is 10.3. The van der Waals surface area contributed by atoms with E-state index in [1.54, 1.807) is 23.9 Å². The molecule has 0 spiro atoms. The van der Waals surface area contributed by atoms with Crippen molar-refractivity contribution in [3.63, 3.8) is 0 Å². The lowest BCUT2D eigenvalue weighted by molar-refractivity contribution is 0.354. The molecule has 0 atom stereocenters. The Bertz CT molecular complexity index is 228. The molecule has 0 heterocycles. The predicted octanol–water partition coefficient (Wildman–Crippen LogP) is 3.58. The van der Waals surface area contributed by atoms with Crippen molar-refractivity contribution < 1.29 is 5.11 Å². The van der Waals surface area contributed by atoms with Gasteiger partial charge in [0.1, 0.15) is 0 Å². The van der Waals surface area contributed by atoms with E-state index in [-0.39, 0.29) is 5.75 Å². The van der Waals surface area contributed by atoms with Crippen molar-refractivity contribution in [2.24, 2.45) is 5.92 Å². The van der Waals surface area contributed by atoms with Gasteiger partial charge in [0.2, 0.25) is 0 Å². The first-order chi connectivity index (χ1) is 5.68. The van der Waals surface area contributed by atoms with Gasteiger partial charge >= 0.3 is 0 Å². The predicted molar refractivity (Wildman–Crippen MR) is 52.1 cm³/mol. The van der Waals surface area contributed by atoms with Gasteiger partial charge in [0.25, 0.3) is 0 Å². The molecule has 65 valence electrons. The molecule has 0 N–H and O–H groups in total. The highest BCUT2D eigenvalue weighted by atomic mass is 32.2. The highest BCUT2D eigenvalue weighted by Gasteiger charge is 1.97. The number of hydrogen-bond acceptors (Lipinski definition) is 1. The second kappa shape index (κ2) is 4.41. The standard InChI is InChI=1S/C10H13OS/c1-8(2)7-12-10-5-3-9(11)4-6-10/h3-6,8H,7H2,1-2H3. The minimum Gasteiger partial charge on any atom is -0.290 e. The van der Waals surface area contributed by atoms with Gasteiger partial charge in [-0.3, -0.25) is 5.11 Å². The molecule has 0 saturated carbocycles. The average Bonchev–Trinajstić information content (AvgIpc) is 2.03.